The predicted octanol–water partition coefficient (Wildman–Crippen LogP) is 2.82. The van der Waals surface area contributed by atoms with Gasteiger partial charge in [0.05, 0.1) is 5.56 Å². The number of hydrogen-bond acceptors (Lipinski definition) is 8. The lowest BCUT2D eigenvalue weighted by Gasteiger charge is -2.25. The van der Waals surface area contributed by atoms with Crippen molar-refractivity contribution < 1.29 is 29.0 Å². The smallest absolute Gasteiger partial charge is 0.255 e. The molecule has 3 aromatic rings. The number of aromatic hydroxyl groups is 1. The van der Waals surface area contributed by atoms with Crippen LogP contribution >= 0.6 is 0 Å². The van der Waals surface area contributed by atoms with Crippen molar-refractivity contribution in [3.05, 3.63) is 76.4 Å². The Morgan fingerprint density at radius 3 is 2.45 bits per heavy atom. The van der Waals surface area contributed by atoms with Gasteiger partial charge in [-0.2, -0.15) is 0 Å². The first-order chi connectivity index (χ1) is 22.5. The molecule has 0 unspecified atom stereocenters. The number of aromatic nitrogens is 2. The van der Waals surface area contributed by atoms with Crippen molar-refractivity contribution in [1.29, 1.82) is 0 Å². The van der Waals surface area contributed by atoms with Crippen LogP contribution < -0.4 is 26.0 Å². The summed E-state index contributed by atoms with van der Waals surface area (Å²) in [5.41, 5.74) is 4.01. The normalized spacial score (nSPS) is 20.2. The van der Waals surface area contributed by atoms with E-state index in [9.17, 15) is 24.3 Å². The Morgan fingerprint density at radius 1 is 0.979 bits per heavy atom. The van der Waals surface area contributed by atoms with Crippen LogP contribution in [0.4, 0.5) is 0 Å². The quantitative estimate of drug-likeness (QED) is 0.265. The zero-order chi connectivity index (χ0) is 33.7. The number of rotatable bonds is 5. The van der Waals surface area contributed by atoms with Crippen molar-refractivity contribution in [2.75, 3.05) is 6.54 Å². The van der Waals surface area contributed by atoms with Crippen LogP contribution in [0.2, 0.25) is 0 Å². The van der Waals surface area contributed by atoms with E-state index in [0.29, 0.717) is 23.7 Å². The van der Waals surface area contributed by atoms with Crippen LogP contribution in [0.15, 0.2) is 42.5 Å². The third-order valence-corrected chi connectivity index (χ3v) is 8.52. The number of amides is 4. The minimum absolute atomic E-state index is 0.0633. The molecule has 4 amide bonds. The summed E-state index contributed by atoms with van der Waals surface area (Å²) >= 11 is 0. The van der Waals surface area contributed by atoms with Crippen molar-refractivity contribution in [2.24, 2.45) is 5.92 Å². The largest absolute Gasteiger partial charge is 0.507 e. The standard InChI is InChI=1S/C35H42N6O6/c1-19(2)31-35(46)38-21(4)32(43)40-28(34(45)36-16-15-30-37-20(3)25-7-5-6-8-27(25)39-30)17-22-9-11-23(12-10-22)47-24-13-14-29(42)26(18-24)33(44)41-31/h9-14,18-19,21,28,31,42H,5-8,15-17H2,1-4H3,(H,36,45)(H,38,46)(H,40,43)(H,41,44)/t21-,28+,31-/m0/s1. The lowest BCUT2D eigenvalue weighted by molar-refractivity contribution is -0.132. The van der Waals surface area contributed by atoms with E-state index in [0.717, 1.165) is 42.6 Å². The zero-order valence-corrected chi connectivity index (χ0v) is 27.2. The Balaban J connectivity index is 1.36. The third-order valence-electron chi connectivity index (χ3n) is 8.52. The third kappa shape index (κ3) is 8.24. The molecule has 1 aliphatic carbocycles. The first-order valence-corrected chi connectivity index (χ1v) is 16.1. The first-order valence-electron chi connectivity index (χ1n) is 16.1. The predicted molar refractivity (Wildman–Crippen MR) is 174 cm³/mol. The fourth-order valence-corrected chi connectivity index (χ4v) is 5.83. The van der Waals surface area contributed by atoms with Gasteiger partial charge < -0.3 is 31.1 Å². The molecule has 47 heavy (non-hydrogen) atoms. The molecule has 3 atom stereocenters. The molecule has 4 bridgehead atoms. The van der Waals surface area contributed by atoms with E-state index in [1.54, 1.807) is 38.1 Å². The second-order valence-corrected chi connectivity index (χ2v) is 12.5. The first kappa shape index (κ1) is 33.4. The molecule has 0 spiro atoms. The minimum Gasteiger partial charge on any atom is -0.507 e. The Bertz CT molecular complexity index is 1660. The molecule has 3 aliphatic rings. The average Bonchev–Trinajstić information content (AvgIpc) is 3.04. The van der Waals surface area contributed by atoms with Crippen molar-refractivity contribution in [1.82, 2.24) is 31.2 Å². The molecular weight excluding hydrogens is 600 g/mol. The van der Waals surface area contributed by atoms with Crippen LogP contribution in [0, 0.1) is 12.8 Å². The van der Waals surface area contributed by atoms with E-state index in [-0.39, 0.29) is 36.1 Å². The maximum absolute atomic E-state index is 13.5. The molecule has 5 N–H and O–H groups in total. The highest BCUT2D eigenvalue weighted by Crippen LogP contribution is 2.28. The highest BCUT2D eigenvalue weighted by molar-refractivity contribution is 6.00. The lowest BCUT2D eigenvalue weighted by atomic mass is 9.95. The number of hydrogen-bond donors (Lipinski definition) is 5. The molecule has 0 saturated carbocycles. The summed E-state index contributed by atoms with van der Waals surface area (Å²) in [6, 6.07) is 8.28. The number of aryl methyl sites for hydroxylation is 2. The van der Waals surface area contributed by atoms with Gasteiger partial charge >= 0.3 is 0 Å². The molecule has 2 aliphatic heterocycles. The van der Waals surface area contributed by atoms with E-state index < -0.39 is 35.8 Å². The van der Waals surface area contributed by atoms with E-state index in [2.05, 4.69) is 26.3 Å². The van der Waals surface area contributed by atoms with Crippen molar-refractivity contribution in [2.45, 2.75) is 84.3 Å². The molecule has 1 aromatic heterocycles. The second-order valence-electron chi connectivity index (χ2n) is 12.5. The summed E-state index contributed by atoms with van der Waals surface area (Å²) in [5, 5.41) is 21.4. The number of phenols is 1. The number of fused-ring (bicyclic) bond motifs is 12. The maximum Gasteiger partial charge on any atom is 0.255 e. The molecule has 3 heterocycles. The van der Waals surface area contributed by atoms with E-state index >= 15 is 0 Å². The van der Waals surface area contributed by atoms with Crippen LogP contribution in [0.25, 0.3) is 0 Å². The molecule has 12 heteroatoms. The van der Waals surface area contributed by atoms with Gasteiger partial charge in [0.2, 0.25) is 17.7 Å². The van der Waals surface area contributed by atoms with Crippen molar-refractivity contribution in [3.63, 3.8) is 0 Å². The number of nitrogens with one attached hydrogen (secondary N) is 4. The van der Waals surface area contributed by atoms with Gasteiger partial charge in [0.15, 0.2) is 0 Å². The molecule has 0 saturated heterocycles. The number of carbonyl (C=O) groups is 4. The summed E-state index contributed by atoms with van der Waals surface area (Å²) < 4.78 is 5.93. The van der Waals surface area contributed by atoms with Gasteiger partial charge in [-0.1, -0.05) is 26.0 Å². The summed E-state index contributed by atoms with van der Waals surface area (Å²) in [5.74, 6) is -1.38. The molecule has 248 valence electrons. The zero-order valence-electron chi connectivity index (χ0n) is 27.2. The van der Waals surface area contributed by atoms with Crippen LogP contribution in [0.1, 0.15) is 72.3 Å². The molecule has 0 fully saturated rings. The number of phenolic OH excluding ortho intramolecular Hbond substituents is 1. The number of nitrogens with zero attached hydrogens (tertiary/aromatic N) is 2. The molecule has 2 aromatic carbocycles. The molecule has 0 radical (unpaired) electrons. The van der Waals surface area contributed by atoms with Crippen LogP contribution in [0.3, 0.4) is 0 Å². The van der Waals surface area contributed by atoms with Gasteiger partial charge in [-0.05, 0) is 86.9 Å². The Morgan fingerprint density at radius 2 is 1.70 bits per heavy atom. The summed E-state index contributed by atoms with van der Waals surface area (Å²) in [4.78, 5) is 62.6. The van der Waals surface area contributed by atoms with Crippen LogP contribution in [0.5, 0.6) is 17.2 Å². The SMILES string of the molecule is Cc1nc(CCNC(=O)[C@H]2Cc3ccc(cc3)Oc3ccc(O)c(c3)C(=O)N[C@@H](C(C)C)C(=O)N[C@@H](C)C(=O)N2)nc2c1CCCC2. The number of carbonyl (C=O) groups excluding carboxylic acids is 4. The summed E-state index contributed by atoms with van der Waals surface area (Å²) in [6.07, 6.45) is 4.81. The van der Waals surface area contributed by atoms with Crippen molar-refractivity contribution in [3.8, 4) is 17.2 Å². The summed E-state index contributed by atoms with van der Waals surface area (Å²) in [6.45, 7) is 7.30. The highest BCUT2D eigenvalue weighted by atomic mass is 16.5. The Labute approximate surface area is 274 Å². The number of benzene rings is 2. The Hall–Kier alpha value is -5.00. The minimum atomic E-state index is -1.02. The average molecular weight is 643 g/mol. The monoisotopic (exact) mass is 642 g/mol. The maximum atomic E-state index is 13.5. The van der Waals surface area contributed by atoms with E-state index in [1.807, 2.05) is 6.92 Å². The van der Waals surface area contributed by atoms with E-state index in [1.165, 1.54) is 30.7 Å². The second kappa shape index (κ2) is 14.6. The molecule has 12 nitrogen and oxygen atoms in total. The van der Waals surface area contributed by atoms with Gasteiger partial charge in [0.1, 0.15) is 41.2 Å². The van der Waals surface area contributed by atoms with Crippen LogP contribution in [-0.2, 0) is 40.1 Å². The van der Waals surface area contributed by atoms with Gasteiger partial charge in [0.25, 0.3) is 5.91 Å². The van der Waals surface area contributed by atoms with E-state index in [4.69, 9.17) is 9.72 Å². The number of ether oxygens (including phenoxy) is 1. The fourth-order valence-electron chi connectivity index (χ4n) is 5.83. The van der Waals surface area contributed by atoms with Gasteiger partial charge in [-0.25, -0.2) is 9.97 Å². The topological polar surface area (TPSA) is 172 Å². The molecular formula is C35H42N6O6. The fraction of sp³-hybridized carbons (Fsp3) is 0.429. The van der Waals surface area contributed by atoms with Crippen molar-refractivity contribution >= 4 is 23.6 Å². The molecule has 6 rings (SSSR count). The Kier molecular flexibility index (Phi) is 10.4. The highest BCUT2D eigenvalue weighted by Gasteiger charge is 2.30. The van der Waals surface area contributed by atoms with Crippen LogP contribution in [-0.4, -0.2) is 63.4 Å². The summed E-state index contributed by atoms with van der Waals surface area (Å²) in [7, 11) is 0. The van der Waals surface area contributed by atoms with Gasteiger partial charge in [-0.15, -0.1) is 0 Å². The van der Waals surface area contributed by atoms with Gasteiger partial charge in [0, 0.05) is 30.8 Å². The lowest BCUT2D eigenvalue weighted by Crippen LogP contribution is -2.57. The van der Waals surface area contributed by atoms with Gasteiger partial charge in [-0.3, -0.25) is 19.2 Å².